The molecule has 0 aromatic heterocycles. The molecule has 33 heavy (non-hydrogen) atoms. The fraction of sp³-hybridized carbons (Fsp3) is 0.680. The van der Waals surface area contributed by atoms with Crippen molar-refractivity contribution in [3.63, 3.8) is 0 Å². The minimum atomic E-state index is -0.750. The highest BCUT2D eigenvalue weighted by Crippen LogP contribution is 2.60. The number of esters is 1. The Kier molecular flexibility index (Phi) is 5.35. The van der Waals surface area contributed by atoms with E-state index in [1.165, 1.54) is 19.3 Å². The van der Waals surface area contributed by atoms with Crippen molar-refractivity contribution < 1.29 is 28.9 Å². The van der Waals surface area contributed by atoms with Crippen LogP contribution in [-0.4, -0.2) is 47.4 Å². The molecule has 5 fully saturated rings. The fourth-order valence-corrected chi connectivity index (χ4v) is 7.81. The molecule has 178 valence electrons. The van der Waals surface area contributed by atoms with Gasteiger partial charge >= 0.3 is 5.97 Å². The van der Waals surface area contributed by atoms with Gasteiger partial charge in [-0.3, -0.25) is 4.79 Å². The molecule has 1 unspecified atom stereocenters. The lowest BCUT2D eigenvalue weighted by molar-refractivity contribution is -0.166. The molecule has 7 rings (SSSR count). The van der Waals surface area contributed by atoms with Gasteiger partial charge in [0.1, 0.15) is 18.4 Å². The third-order valence-electron chi connectivity index (χ3n) is 8.43. The number of hydrogen-bond donors (Lipinski definition) is 1. The molecule has 6 aliphatic rings. The number of amides is 1. The number of β-amino-alcohol motifs (C(OH)–C–C–N with tert-alkyl or cyclic N) is 1. The van der Waals surface area contributed by atoms with E-state index in [0.29, 0.717) is 40.7 Å². The number of aliphatic hydroxyl groups excluding tert-OH is 1. The number of carbonyl (C=O) groups is 2. The Morgan fingerprint density at radius 3 is 2.52 bits per heavy atom. The molecule has 2 heterocycles. The van der Waals surface area contributed by atoms with Gasteiger partial charge in [0.05, 0.1) is 18.1 Å². The number of likely N-dealkylation sites (tertiary alicyclic amines) is 1. The van der Waals surface area contributed by atoms with Gasteiger partial charge in [-0.15, -0.1) is 0 Å². The molecule has 4 aliphatic carbocycles. The molecule has 4 saturated carbocycles. The summed E-state index contributed by atoms with van der Waals surface area (Å²) in [6.07, 6.45) is 6.04. The zero-order valence-electron chi connectivity index (χ0n) is 18.6. The van der Waals surface area contributed by atoms with Gasteiger partial charge in [-0.1, -0.05) is 11.6 Å². The van der Waals surface area contributed by atoms with Crippen molar-refractivity contribution in [2.75, 3.05) is 13.3 Å². The van der Waals surface area contributed by atoms with E-state index < -0.39 is 18.1 Å². The van der Waals surface area contributed by atoms with Crippen molar-refractivity contribution in [3.8, 4) is 5.75 Å². The largest absolute Gasteiger partial charge is 0.467 e. The third kappa shape index (κ3) is 3.82. The van der Waals surface area contributed by atoms with E-state index in [1.807, 2.05) is 0 Å². The molecule has 1 aromatic rings. The molecular formula is C25H30ClNO6. The number of rotatable bonds is 4. The molecule has 0 radical (unpaired) electrons. The van der Waals surface area contributed by atoms with Crippen LogP contribution in [0.15, 0.2) is 12.1 Å². The summed E-state index contributed by atoms with van der Waals surface area (Å²) in [5.41, 5.74) is 1.14. The SMILES string of the molecule is O=C(OCc1cc(Cl)cc2c1OCOC2)[C@@H]1CC(O)CN1C(=O)C12CC3CC(CC(C3)C1)C2. The second kappa shape index (κ2) is 8.14. The van der Waals surface area contributed by atoms with Crippen molar-refractivity contribution in [3.05, 3.63) is 28.3 Å². The van der Waals surface area contributed by atoms with E-state index in [2.05, 4.69) is 0 Å². The van der Waals surface area contributed by atoms with Gasteiger partial charge in [0.2, 0.25) is 5.91 Å². The second-order valence-corrected chi connectivity index (χ2v) is 11.3. The van der Waals surface area contributed by atoms with Crippen molar-refractivity contribution in [1.82, 2.24) is 4.90 Å². The van der Waals surface area contributed by atoms with Crippen LogP contribution in [0.1, 0.15) is 56.1 Å². The Labute approximate surface area is 198 Å². The monoisotopic (exact) mass is 475 g/mol. The molecule has 7 nitrogen and oxygen atoms in total. The summed E-state index contributed by atoms with van der Waals surface area (Å²) in [6, 6.07) is 2.75. The number of fused-ring (bicyclic) bond motifs is 1. The van der Waals surface area contributed by atoms with Crippen LogP contribution in [0.3, 0.4) is 0 Å². The summed E-state index contributed by atoms with van der Waals surface area (Å²) in [5.74, 6) is 2.11. The molecule has 2 aliphatic heterocycles. The van der Waals surface area contributed by atoms with Gasteiger partial charge in [-0.25, -0.2) is 4.79 Å². The van der Waals surface area contributed by atoms with Crippen molar-refractivity contribution in [1.29, 1.82) is 0 Å². The summed E-state index contributed by atoms with van der Waals surface area (Å²) >= 11 is 6.22. The van der Waals surface area contributed by atoms with Crippen LogP contribution >= 0.6 is 11.6 Å². The highest BCUT2D eigenvalue weighted by molar-refractivity contribution is 6.30. The lowest BCUT2D eigenvalue weighted by Crippen LogP contribution is -2.56. The number of aliphatic hydroxyl groups is 1. The van der Waals surface area contributed by atoms with Crippen molar-refractivity contribution in [2.45, 2.75) is 70.3 Å². The third-order valence-corrected chi connectivity index (χ3v) is 8.64. The summed E-state index contributed by atoms with van der Waals surface area (Å²) in [4.78, 5) is 28.6. The molecular weight excluding hydrogens is 446 g/mol. The Bertz CT molecular complexity index is 945. The Balaban J connectivity index is 1.18. The molecule has 1 aromatic carbocycles. The predicted molar refractivity (Wildman–Crippen MR) is 118 cm³/mol. The first-order chi connectivity index (χ1) is 15.9. The second-order valence-electron chi connectivity index (χ2n) is 10.8. The molecule has 8 heteroatoms. The maximum absolute atomic E-state index is 13.8. The molecule has 1 saturated heterocycles. The van der Waals surface area contributed by atoms with Gasteiger partial charge < -0.3 is 24.2 Å². The Morgan fingerprint density at radius 2 is 1.82 bits per heavy atom. The minimum Gasteiger partial charge on any atom is -0.467 e. The van der Waals surface area contributed by atoms with Gasteiger partial charge in [0.25, 0.3) is 0 Å². The number of carbonyl (C=O) groups excluding carboxylic acids is 2. The van der Waals surface area contributed by atoms with Crippen LogP contribution in [0.5, 0.6) is 5.75 Å². The maximum Gasteiger partial charge on any atom is 0.329 e. The van der Waals surface area contributed by atoms with E-state index in [4.69, 9.17) is 25.8 Å². The van der Waals surface area contributed by atoms with Gasteiger partial charge in [-0.05, 0) is 68.4 Å². The first-order valence-corrected chi connectivity index (χ1v) is 12.5. The number of halogens is 1. The van der Waals surface area contributed by atoms with Crippen molar-refractivity contribution in [2.24, 2.45) is 23.2 Å². The predicted octanol–water partition coefficient (Wildman–Crippen LogP) is 3.43. The minimum absolute atomic E-state index is 0.00623. The Morgan fingerprint density at radius 1 is 1.12 bits per heavy atom. The van der Waals surface area contributed by atoms with E-state index in [0.717, 1.165) is 24.8 Å². The van der Waals surface area contributed by atoms with E-state index in [9.17, 15) is 14.7 Å². The van der Waals surface area contributed by atoms with E-state index in [-0.39, 0.29) is 37.7 Å². The number of hydrogen-bond acceptors (Lipinski definition) is 6. The van der Waals surface area contributed by atoms with Crippen LogP contribution in [0, 0.1) is 23.2 Å². The quantitative estimate of drug-likeness (QED) is 0.671. The van der Waals surface area contributed by atoms with Gasteiger partial charge in [0, 0.05) is 29.1 Å². The summed E-state index contributed by atoms with van der Waals surface area (Å²) in [6.45, 7) is 0.720. The molecule has 2 atom stereocenters. The van der Waals surface area contributed by atoms with Gasteiger partial charge in [0.15, 0.2) is 6.79 Å². The number of nitrogens with zero attached hydrogens (tertiary/aromatic N) is 1. The molecule has 1 N–H and O–H groups in total. The average Bonchev–Trinajstić information content (AvgIpc) is 3.17. The lowest BCUT2D eigenvalue weighted by atomic mass is 9.49. The summed E-state index contributed by atoms with van der Waals surface area (Å²) < 4.78 is 16.6. The average molecular weight is 476 g/mol. The Hall–Kier alpha value is -1.83. The van der Waals surface area contributed by atoms with E-state index >= 15 is 0 Å². The topological polar surface area (TPSA) is 85.3 Å². The summed E-state index contributed by atoms with van der Waals surface area (Å²) in [7, 11) is 0. The normalized spacial score (nSPS) is 36.4. The zero-order valence-corrected chi connectivity index (χ0v) is 19.4. The zero-order chi connectivity index (χ0) is 22.7. The van der Waals surface area contributed by atoms with E-state index in [1.54, 1.807) is 17.0 Å². The summed E-state index contributed by atoms with van der Waals surface area (Å²) in [5, 5.41) is 10.9. The maximum atomic E-state index is 13.8. The number of ether oxygens (including phenoxy) is 3. The standard InChI is InChI=1S/C25H30ClNO6/c26-19-4-17-11-31-13-33-22(17)18(5-19)12-32-23(29)21-6-20(28)10-27(21)24(30)25-7-14-1-15(8-25)3-16(2-14)9-25/h4-5,14-16,20-21,28H,1-3,6-13H2/t14?,15?,16?,20?,21-,25?/m0/s1. The molecule has 1 amide bonds. The number of benzene rings is 1. The van der Waals surface area contributed by atoms with Crippen LogP contribution in [0.2, 0.25) is 5.02 Å². The highest BCUT2D eigenvalue weighted by atomic mass is 35.5. The smallest absolute Gasteiger partial charge is 0.329 e. The van der Waals surface area contributed by atoms with Crippen LogP contribution < -0.4 is 4.74 Å². The first kappa shape index (κ1) is 21.7. The van der Waals surface area contributed by atoms with Crippen molar-refractivity contribution >= 4 is 23.5 Å². The van der Waals surface area contributed by atoms with Crippen LogP contribution in [0.25, 0.3) is 0 Å². The fourth-order valence-electron chi connectivity index (χ4n) is 7.55. The van der Waals surface area contributed by atoms with Crippen LogP contribution in [-0.2, 0) is 32.3 Å². The van der Waals surface area contributed by atoms with Gasteiger partial charge in [-0.2, -0.15) is 0 Å². The van der Waals surface area contributed by atoms with Crippen LogP contribution in [0.4, 0.5) is 0 Å². The highest BCUT2D eigenvalue weighted by Gasteiger charge is 2.57. The molecule has 0 spiro atoms. The first-order valence-electron chi connectivity index (χ1n) is 12.1. The molecule has 4 bridgehead atoms. The lowest BCUT2D eigenvalue weighted by Gasteiger charge is -2.56.